The van der Waals surface area contributed by atoms with Gasteiger partial charge in [-0.15, -0.1) is 0 Å². The van der Waals surface area contributed by atoms with Crippen LogP contribution in [0, 0.1) is 3.57 Å². The van der Waals surface area contributed by atoms with E-state index >= 15 is 0 Å². The van der Waals surface area contributed by atoms with Crippen LogP contribution in [0.3, 0.4) is 0 Å². The molecule has 2 rings (SSSR count). The Kier molecular flexibility index (Phi) is 3.93. The van der Waals surface area contributed by atoms with Gasteiger partial charge in [-0.2, -0.15) is 0 Å². The van der Waals surface area contributed by atoms with Crippen molar-refractivity contribution in [2.24, 2.45) is 0 Å². The zero-order valence-electron chi connectivity index (χ0n) is 9.51. The molecule has 88 valence electrons. The highest BCUT2D eigenvalue weighted by Crippen LogP contribution is 2.22. The standard InChI is InChI=1S/C13H13IN2O/c1-10(17)8-13(16-7-6-15-9-16)11-2-4-12(14)5-3-11/h2-7,9,13H,8H2,1H3. The summed E-state index contributed by atoms with van der Waals surface area (Å²) in [4.78, 5) is 15.4. The number of nitrogens with zero attached hydrogens (tertiary/aromatic N) is 2. The highest BCUT2D eigenvalue weighted by atomic mass is 127. The van der Waals surface area contributed by atoms with Crippen molar-refractivity contribution in [3.63, 3.8) is 0 Å². The first kappa shape index (κ1) is 12.3. The Morgan fingerprint density at radius 1 is 1.41 bits per heavy atom. The number of halogens is 1. The summed E-state index contributed by atoms with van der Waals surface area (Å²) in [5, 5.41) is 0. The van der Waals surface area contributed by atoms with Gasteiger partial charge in [-0.05, 0) is 47.2 Å². The van der Waals surface area contributed by atoms with E-state index in [4.69, 9.17) is 0 Å². The highest BCUT2D eigenvalue weighted by molar-refractivity contribution is 14.1. The minimum absolute atomic E-state index is 0.0481. The summed E-state index contributed by atoms with van der Waals surface area (Å²) in [5.41, 5.74) is 1.14. The lowest BCUT2D eigenvalue weighted by atomic mass is 10.0. The van der Waals surface area contributed by atoms with Gasteiger partial charge < -0.3 is 4.57 Å². The van der Waals surface area contributed by atoms with Crippen molar-refractivity contribution in [3.8, 4) is 0 Å². The Hall–Kier alpha value is -1.17. The van der Waals surface area contributed by atoms with Crippen LogP contribution in [0.5, 0.6) is 0 Å². The predicted molar refractivity (Wildman–Crippen MR) is 74.8 cm³/mol. The zero-order valence-corrected chi connectivity index (χ0v) is 11.7. The van der Waals surface area contributed by atoms with Crippen molar-refractivity contribution in [3.05, 3.63) is 52.1 Å². The van der Waals surface area contributed by atoms with E-state index in [1.165, 1.54) is 3.57 Å². The first-order valence-corrected chi connectivity index (χ1v) is 6.47. The first-order valence-electron chi connectivity index (χ1n) is 5.39. The normalized spacial score (nSPS) is 12.4. The van der Waals surface area contributed by atoms with Gasteiger partial charge in [0, 0.05) is 22.4 Å². The number of aromatic nitrogens is 2. The average Bonchev–Trinajstić information content (AvgIpc) is 2.80. The second-order valence-corrected chi connectivity index (χ2v) is 5.23. The second kappa shape index (κ2) is 5.44. The minimum Gasteiger partial charge on any atom is -0.330 e. The van der Waals surface area contributed by atoms with E-state index < -0.39 is 0 Å². The van der Waals surface area contributed by atoms with Crippen molar-refractivity contribution in [2.45, 2.75) is 19.4 Å². The van der Waals surface area contributed by atoms with Crippen LogP contribution in [0.15, 0.2) is 43.0 Å². The van der Waals surface area contributed by atoms with E-state index in [9.17, 15) is 4.79 Å². The van der Waals surface area contributed by atoms with Crippen molar-refractivity contribution < 1.29 is 4.79 Å². The number of hydrogen-bond acceptors (Lipinski definition) is 2. The van der Waals surface area contributed by atoms with Gasteiger partial charge >= 0.3 is 0 Å². The first-order chi connectivity index (χ1) is 8.16. The molecule has 1 aromatic heterocycles. The molecular weight excluding hydrogens is 327 g/mol. The summed E-state index contributed by atoms with van der Waals surface area (Å²) < 4.78 is 3.17. The van der Waals surface area contributed by atoms with Crippen molar-refractivity contribution in [2.75, 3.05) is 0 Å². The molecule has 1 aromatic carbocycles. The van der Waals surface area contributed by atoms with Crippen LogP contribution in [0.25, 0.3) is 0 Å². The molecule has 1 heterocycles. The molecular formula is C13H13IN2O. The Bertz CT molecular complexity index is 491. The molecule has 1 atom stereocenters. The molecule has 1 unspecified atom stereocenters. The molecule has 0 fully saturated rings. The SMILES string of the molecule is CC(=O)CC(c1ccc(I)cc1)n1ccnc1. The van der Waals surface area contributed by atoms with Crippen molar-refractivity contribution in [1.29, 1.82) is 0 Å². The smallest absolute Gasteiger partial charge is 0.132 e. The highest BCUT2D eigenvalue weighted by Gasteiger charge is 2.15. The summed E-state index contributed by atoms with van der Waals surface area (Å²) in [6.45, 7) is 1.62. The van der Waals surface area contributed by atoms with Crippen LogP contribution in [0.2, 0.25) is 0 Å². The number of Topliss-reactive ketones (excluding diaryl/α,β-unsaturated/α-hetero) is 1. The molecule has 0 saturated heterocycles. The van der Waals surface area contributed by atoms with Crippen LogP contribution in [-0.2, 0) is 4.79 Å². The Morgan fingerprint density at radius 3 is 2.65 bits per heavy atom. The Balaban J connectivity index is 2.33. The summed E-state index contributed by atoms with van der Waals surface area (Å²) in [6, 6.07) is 8.29. The van der Waals surface area contributed by atoms with Gasteiger partial charge in [-0.1, -0.05) is 12.1 Å². The molecule has 17 heavy (non-hydrogen) atoms. The molecule has 3 nitrogen and oxygen atoms in total. The maximum absolute atomic E-state index is 11.4. The van der Waals surface area contributed by atoms with Crippen LogP contribution in [0.4, 0.5) is 0 Å². The molecule has 0 bridgehead atoms. The molecule has 0 aliphatic carbocycles. The number of rotatable bonds is 4. The lowest BCUT2D eigenvalue weighted by Crippen LogP contribution is -2.12. The van der Waals surface area contributed by atoms with Gasteiger partial charge in [0.15, 0.2) is 0 Å². The summed E-state index contributed by atoms with van der Waals surface area (Å²) in [5.74, 6) is 0.183. The Labute approximate surface area is 114 Å². The molecule has 0 N–H and O–H groups in total. The number of imidazole rings is 1. The van der Waals surface area contributed by atoms with Gasteiger partial charge in [0.2, 0.25) is 0 Å². The average molecular weight is 340 g/mol. The molecule has 4 heteroatoms. The zero-order chi connectivity index (χ0) is 12.3. The van der Waals surface area contributed by atoms with Gasteiger partial charge in [0.25, 0.3) is 0 Å². The van der Waals surface area contributed by atoms with Crippen LogP contribution in [0.1, 0.15) is 24.9 Å². The summed E-state index contributed by atoms with van der Waals surface area (Å²) >= 11 is 2.27. The number of hydrogen-bond donors (Lipinski definition) is 0. The number of carbonyl (C=O) groups is 1. The number of benzene rings is 1. The number of ketones is 1. The van der Waals surface area contributed by atoms with E-state index in [1.807, 2.05) is 10.8 Å². The maximum Gasteiger partial charge on any atom is 0.132 e. The van der Waals surface area contributed by atoms with E-state index in [2.05, 4.69) is 51.8 Å². The van der Waals surface area contributed by atoms with E-state index in [1.54, 1.807) is 19.4 Å². The van der Waals surface area contributed by atoms with Crippen molar-refractivity contribution >= 4 is 28.4 Å². The molecule has 0 spiro atoms. The van der Waals surface area contributed by atoms with Crippen LogP contribution >= 0.6 is 22.6 Å². The topological polar surface area (TPSA) is 34.9 Å². The summed E-state index contributed by atoms with van der Waals surface area (Å²) in [7, 11) is 0. The van der Waals surface area contributed by atoms with Gasteiger partial charge in [0.1, 0.15) is 5.78 Å². The third-order valence-corrected chi connectivity index (χ3v) is 3.34. The molecule has 0 radical (unpaired) electrons. The van der Waals surface area contributed by atoms with E-state index in [0.29, 0.717) is 6.42 Å². The predicted octanol–water partition coefficient (Wildman–Crippen LogP) is 3.06. The lowest BCUT2D eigenvalue weighted by Gasteiger charge is -2.17. The molecule has 0 saturated carbocycles. The largest absolute Gasteiger partial charge is 0.330 e. The van der Waals surface area contributed by atoms with Gasteiger partial charge in [-0.25, -0.2) is 4.98 Å². The third-order valence-electron chi connectivity index (χ3n) is 2.62. The molecule has 0 aliphatic heterocycles. The minimum atomic E-state index is 0.0481. The number of carbonyl (C=O) groups excluding carboxylic acids is 1. The van der Waals surface area contributed by atoms with Crippen molar-refractivity contribution in [1.82, 2.24) is 9.55 Å². The molecule has 0 aliphatic rings. The fourth-order valence-corrected chi connectivity index (χ4v) is 2.17. The molecule has 0 amide bonds. The maximum atomic E-state index is 11.4. The lowest BCUT2D eigenvalue weighted by molar-refractivity contribution is -0.117. The quantitative estimate of drug-likeness (QED) is 0.802. The third kappa shape index (κ3) is 3.15. The monoisotopic (exact) mass is 340 g/mol. The fourth-order valence-electron chi connectivity index (χ4n) is 1.81. The van der Waals surface area contributed by atoms with Gasteiger partial charge in [-0.3, -0.25) is 4.79 Å². The van der Waals surface area contributed by atoms with E-state index in [0.717, 1.165) is 5.56 Å². The van der Waals surface area contributed by atoms with Crippen LogP contribution < -0.4 is 0 Å². The Morgan fingerprint density at radius 2 is 2.12 bits per heavy atom. The van der Waals surface area contributed by atoms with E-state index in [-0.39, 0.29) is 11.8 Å². The second-order valence-electron chi connectivity index (χ2n) is 3.98. The van der Waals surface area contributed by atoms with Crippen LogP contribution in [-0.4, -0.2) is 15.3 Å². The molecule has 2 aromatic rings. The fraction of sp³-hybridized carbons (Fsp3) is 0.231. The summed E-state index contributed by atoms with van der Waals surface area (Å²) in [6.07, 6.45) is 5.88. The van der Waals surface area contributed by atoms with Gasteiger partial charge in [0.05, 0.1) is 12.4 Å².